The first-order valence-electron chi connectivity index (χ1n) is 14.6. The monoisotopic (exact) mass is 661 g/mol. The molecule has 2 aliphatic heterocycles. The van der Waals surface area contributed by atoms with Gasteiger partial charge in [-0.2, -0.15) is 26.3 Å². The highest BCUT2D eigenvalue weighted by molar-refractivity contribution is 5.87. The maximum Gasteiger partial charge on any atom is 0.490 e. The van der Waals surface area contributed by atoms with Gasteiger partial charge in [0.2, 0.25) is 0 Å². The molecule has 1 aromatic carbocycles. The Morgan fingerprint density at radius 2 is 1.46 bits per heavy atom. The molecule has 2 N–H and O–H groups in total. The molecular formula is C30H37F6N5O5. The highest BCUT2D eigenvalue weighted by atomic mass is 19.4. The average Bonchev–Trinajstić information content (AvgIpc) is 3.68. The van der Waals surface area contributed by atoms with Crippen molar-refractivity contribution >= 4 is 28.8 Å². The van der Waals surface area contributed by atoms with Crippen molar-refractivity contribution in [2.75, 3.05) is 38.2 Å². The second-order valence-corrected chi connectivity index (χ2v) is 11.2. The van der Waals surface area contributed by atoms with E-state index < -0.39 is 24.3 Å². The molecule has 0 spiro atoms. The van der Waals surface area contributed by atoms with Crippen LogP contribution in [0.15, 0.2) is 36.7 Å². The van der Waals surface area contributed by atoms with E-state index >= 15 is 0 Å². The van der Waals surface area contributed by atoms with Crippen molar-refractivity contribution in [3.63, 3.8) is 0 Å². The van der Waals surface area contributed by atoms with Gasteiger partial charge in [0, 0.05) is 37.3 Å². The Hall–Kier alpha value is -4.08. The quantitative estimate of drug-likeness (QED) is 0.295. The van der Waals surface area contributed by atoms with E-state index in [9.17, 15) is 26.3 Å². The lowest BCUT2D eigenvalue weighted by Gasteiger charge is -2.32. The number of hydrogen-bond donors (Lipinski definition) is 2. The molecule has 254 valence electrons. The number of halogens is 6. The molecule has 16 heteroatoms. The first kappa shape index (κ1) is 36.4. The van der Waals surface area contributed by atoms with E-state index in [1.807, 2.05) is 6.33 Å². The minimum absolute atomic E-state index is 0.396. The van der Waals surface area contributed by atoms with Gasteiger partial charge in [-0.3, -0.25) is 4.90 Å². The Balaban J connectivity index is 0.000000345. The normalized spacial score (nSPS) is 16.1. The zero-order valence-corrected chi connectivity index (χ0v) is 25.6. The van der Waals surface area contributed by atoms with E-state index in [0.29, 0.717) is 12.0 Å². The summed E-state index contributed by atoms with van der Waals surface area (Å²) in [4.78, 5) is 32.8. The van der Waals surface area contributed by atoms with Gasteiger partial charge in [-0.05, 0) is 76.4 Å². The number of carboxylic acids is 2. The van der Waals surface area contributed by atoms with Gasteiger partial charge >= 0.3 is 24.3 Å². The zero-order chi connectivity index (χ0) is 34.2. The van der Waals surface area contributed by atoms with Crippen LogP contribution < -0.4 is 9.64 Å². The number of aliphatic carboxylic acids is 2. The summed E-state index contributed by atoms with van der Waals surface area (Å²) in [5.74, 6) is -2.97. The SMILES string of the molecule is COc1ccc(CN2CCC(c3cc4c(ncn4C(C)C)c(N4CCCC4)n3)CC2)cc1.O=C(O)C(F)(F)F.O=C(O)C(F)(F)F. The van der Waals surface area contributed by atoms with Crippen molar-refractivity contribution < 1.29 is 50.9 Å². The van der Waals surface area contributed by atoms with Crippen LogP contribution in [0.2, 0.25) is 0 Å². The number of likely N-dealkylation sites (tertiary alicyclic amines) is 1. The number of ether oxygens (including phenoxy) is 1. The van der Waals surface area contributed by atoms with E-state index in [1.165, 1.54) is 29.6 Å². The second kappa shape index (κ2) is 15.5. The number of hydrogen-bond acceptors (Lipinski definition) is 7. The van der Waals surface area contributed by atoms with Crippen molar-refractivity contribution in [2.24, 2.45) is 0 Å². The average molecular weight is 662 g/mol. The van der Waals surface area contributed by atoms with Gasteiger partial charge in [-0.1, -0.05) is 12.1 Å². The number of imidazole rings is 1. The Kier molecular flexibility index (Phi) is 12.2. The number of carbonyl (C=O) groups is 2. The van der Waals surface area contributed by atoms with E-state index in [-0.39, 0.29) is 0 Å². The lowest BCUT2D eigenvalue weighted by Crippen LogP contribution is -2.33. The summed E-state index contributed by atoms with van der Waals surface area (Å²) in [5.41, 5.74) is 4.92. The van der Waals surface area contributed by atoms with Crippen molar-refractivity contribution in [3.05, 3.63) is 47.9 Å². The number of nitrogens with zero attached hydrogens (tertiary/aromatic N) is 5. The smallest absolute Gasteiger partial charge is 0.490 e. The Bertz CT molecular complexity index is 1420. The summed E-state index contributed by atoms with van der Waals surface area (Å²) >= 11 is 0. The van der Waals surface area contributed by atoms with Crippen molar-refractivity contribution in [1.82, 2.24) is 19.4 Å². The van der Waals surface area contributed by atoms with Gasteiger partial charge in [0.15, 0.2) is 5.82 Å². The van der Waals surface area contributed by atoms with Gasteiger partial charge in [0.25, 0.3) is 0 Å². The molecule has 2 fully saturated rings. The molecule has 10 nitrogen and oxygen atoms in total. The molecule has 46 heavy (non-hydrogen) atoms. The molecule has 0 bridgehead atoms. The fourth-order valence-electron chi connectivity index (χ4n) is 5.18. The number of piperidine rings is 1. The minimum Gasteiger partial charge on any atom is -0.497 e. The van der Waals surface area contributed by atoms with Crippen LogP contribution in [0.3, 0.4) is 0 Å². The van der Waals surface area contributed by atoms with Crippen molar-refractivity contribution in [3.8, 4) is 5.75 Å². The third-order valence-electron chi connectivity index (χ3n) is 7.58. The third-order valence-corrected chi connectivity index (χ3v) is 7.58. The molecule has 0 aliphatic carbocycles. The summed E-state index contributed by atoms with van der Waals surface area (Å²) in [7, 11) is 1.72. The summed E-state index contributed by atoms with van der Waals surface area (Å²) in [6.45, 7) is 9.88. The fourth-order valence-corrected chi connectivity index (χ4v) is 5.18. The molecule has 0 amide bonds. The van der Waals surface area contributed by atoms with Gasteiger partial charge in [-0.25, -0.2) is 19.6 Å². The number of aromatic nitrogens is 3. The van der Waals surface area contributed by atoms with Crippen LogP contribution in [0.5, 0.6) is 5.75 Å². The van der Waals surface area contributed by atoms with Gasteiger partial charge in [-0.15, -0.1) is 0 Å². The largest absolute Gasteiger partial charge is 0.497 e. The summed E-state index contributed by atoms with van der Waals surface area (Å²) < 4.78 is 71.1. The van der Waals surface area contributed by atoms with E-state index in [4.69, 9.17) is 34.5 Å². The van der Waals surface area contributed by atoms with Crippen molar-refractivity contribution in [1.29, 1.82) is 0 Å². The summed E-state index contributed by atoms with van der Waals surface area (Å²) in [6, 6.07) is 11.2. The lowest BCUT2D eigenvalue weighted by atomic mass is 9.92. The van der Waals surface area contributed by atoms with Crippen LogP contribution in [0.25, 0.3) is 11.0 Å². The molecule has 2 aromatic heterocycles. The molecular weight excluding hydrogens is 624 g/mol. The first-order chi connectivity index (χ1) is 21.5. The van der Waals surface area contributed by atoms with Crippen LogP contribution in [0.4, 0.5) is 32.2 Å². The van der Waals surface area contributed by atoms with E-state index in [2.05, 4.69) is 58.5 Å². The topological polar surface area (TPSA) is 121 Å². The first-order valence-corrected chi connectivity index (χ1v) is 14.6. The Morgan fingerprint density at radius 1 is 0.935 bits per heavy atom. The highest BCUT2D eigenvalue weighted by Gasteiger charge is 2.39. The number of methoxy groups -OCH3 is 1. The Morgan fingerprint density at radius 3 is 1.91 bits per heavy atom. The number of pyridine rings is 1. The molecule has 0 atom stereocenters. The number of rotatable bonds is 6. The summed E-state index contributed by atoms with van der Waals surface area (Å²) in [6.07, 6.45) is -3.35. The van der Waals surface area contributed by atoms with E-state index in [1.54, 1.807) is 7.11 Å². The molecule has 2 aliphatic rings. The Labute approximate surface area is 261 Å². The molecule has 0 saturated carbocycles. The van der Waals surface area contributed by atoms with Gasteiger partial charge in [0.1, 0.15) is 11.3 Å². The molecule has 0 radical (unpaired) electrons. The standard InChI is InChI=1S/C26H35N5O.2C2HF3O2/c1-19(2)31-18-27-25-24(31)16-23(28-26(25)30-12-4-5-13-30)21-10-14-29(15-11-21)17-20-6-8-22(32-3)9-7-20;2*3-2(4,5)1(6)7/h6-9,16,18-19,21H,4-5,10-15,17H2,1-3H3;2*(H,6,7). The lowest BCUT2D eigenvalue weighted by molar-refractivity contribution is -0.193. The number of fused-ring (bicyclic) bond motifs is 1. The predicted molar refractivity (Wildman–Crippen MR) is 157 cm³/mol. The molecule has 2 saturated heterocycles. The molecule has 4 heterocycles. The molecule has 0 unspecified atom stereocenters. The predicted octanol–water partition coefficient (Wildman–Crippen LogP) is 6.27. The second-order valence-electron chi connectivity index (χ2n) is 11.2. The number of carboxylic acid groups (broad SMARTS) is 2. The maximum atomic E-state index is 10.6. The maximum absolute atomic E-state index is 10.6. The van der Waals surface area contributed by atoms with Gasteiger partial charge < -0.3 is 24.4 Å². The number of alkyl halides is 6. The molecule has 5 rings (SSSR count). The third kappa shape index (κ3) is 9.96. The van der Waals surface area contributed by atoms with Crippen LogP contribution in [-0.2, 0) is 16.1 Å². The van der Waals surface area contributed by atoms with Crippen molar-refractivity contribution in [2.45, 2.75) is 70.4 Å². The number of benzene rings is 1. The van der Waals surface area contributed by atoms with Gasteiger partial charge in [0.05, 0.1) is 19.0 Å². The minimum atomic E-state index is -5.08. The fraction of sp³-hybridized carbons (Fsp3) is 0.533. The summed E-state index contributed by atoms with van der Waals surface area (Å²) in [5, 5.41) is 14.2. The van der Waals surface area contributed by atoms with Crippen LogP contribution >= 0.6 is 0 Å². The van der Waals surface area contributed by atoms with E-state index in [0.717, 1.165) is 62.6 Å². The van der Waals surface area contributed by atoms with Crippen LogP contribution in [0, 0.1) is 0 Å². The number of anilines is 1. The van der Waals surface area contributed by atoms with Crippen LogP contribution in [-0.4, -0.2) is 87.2 Å². The van der Waals surface area contributed by atoms with Crippen LogP contribution in [0.1, 0.15) is 62.7 Å². The molecule has 3 aromatic rings. The highest BCUT2D eigenvalue weighted by Crippen LogP contribution is 2.34. The zero-order valence-electron chi connectivity index (χ0n) is 25.6.